The first-order valence-electron chi connectivity index (χ1n) is 2.50. The van der Waals surface area contributed by atoms with E-state index in [4.69, 9.17) is 15.2 Å². The van der Waals surface area contributed by atoms with Gasteiger partial charge in [-0.2, -0.15) is 0 Å². The fourth-order valence-electron chi connectivity index (χ4n) is 0.204. The van der Waals surface area contributed by atoms with Crippen LogP contribution in [-0.2, 0) is 4.57 Å². The topological polar surface area (TPSA) is 63.3 Å². The van der Waals surface area contributed by atoms with Gasteiger partial charge in [0.05, 0.1) is 0 Å². The largest absolute Gasteiger partial charge is 0.330 e. The minimum atomic E-state index is -0.833. The highest BCUT2D eigenvalue weighted by Crippen LogP contribution is 1.77. The van der Waals surface area contributed by atoms with E-state index >= 15 is 0 Å². The summed E-state index contributed by atoms with van der Waals surface area (Å²) in [6, 6.07) is 0. The fraction of sp³-hybridized carbons (Fsp3) is 1.00. The molecule has 3 N–H and O–H groups in total. The van der Waals surface area contributed by atoms with E-state index in [-0.39, 0.29) is 0 Å². The maximum Gasteiger partial charge on any atom is 0.324 e. The van der Waals surface area contributed by atoms with Crippen LogP contribution < -0.4 is 5.73 Å². The van der Waals surface area contributed by atoms with Crippen molar-refractivity contribution in [1.82, 2.24) is 0 Å². The molecule has 0 saturated heterocycles. The lowest BCUT2D eigenvalue weighted by Crippen LogP contribution is -1.95. The molecule has 0 aliphatic carbocycles. The Balaban J connectivity index is 0. The first-order chi connectivity index (χ1) is 3.83. The summed E-state index contributed by atoms with van der Waals surface area (Å²) in [4.78, 5) is 6.99. The summed E-state index contributed by atoms with van der Waals surface area (Å²) in [5.41, 5.74) is 5.14. The fourth-order valence-corrected chi connectivity index (χ4v) is 0.204. The third kappa shape index (κ3) is 37.2. The first-order valence-corrected chi connectivity index (χ1v) is 3.26. The van der Waals surface area contributed by atoms with Crippen molar-refractivity contribution in [2.75, 3.05) is 6.54 Å². The Morgan fingerprint density at radius 1 is 1.75 bits per heavy atom. The van der Waals surface area contributed by atoms with E-state index in [0.717, 1.165) is 6.54 Å². The van der Waals surface area contributed by atoms with Gasteiger partial charge in [-0.3, -0.25) is 0 Å². The average molecular weight is 137 g/mol. The standard InChI is InChI=1S/C4H11N.HO2P/c1-2-3-4-5;1-3-2/h2-5H2,1H3;(H,1,2). The maximum atomic E-state index is 8.46. The van der Waals surface area contributed by atoms with E-state index in [1.165, 1.54) is 12.8 Å². The second-order valence-corrected chi connectivity index (χ2v) is 1.39. The summed E-state index contributed by atoms with van der Waals surface area (Å²) in [5.74, 6) is 0. The summed E-state index contributed by atoms with van der Waals surface area (Å²) < 4.78 is 8.46. The SMILES string of the molecule is CCCCN.O=PO. The smallest absolute Gasteiger partial charge is 0.324 e. The van der Waals surface area contributed by atoms with Gasteiger partial charge in [0.15, 0.2) is 0 Å². The van der Waals surface area contributed by atoms with Gasteiger partial charge in [0, 0.05) is 0 Å². The van der Waals surface area contributed by atoms with E-state index in [0.29, 0.717) is 0 Å². The van der Waals surface area contributed by atoms with Crippen molar-refractivity contribution in [3.63, 3.8) is 0 Å². The molecule has 0 radical (unpaired) electrons. The van der Waals surface area contributed by atoms with Crippen molar-refractivity contribution in [2.45, 2.75) is 19.8 Å². The van der Waals surface area contributed by atoms with Crippen molar-refractivity contribution in [2.24, 2.45) is 5.73 Å². The Labute approximate surface area is 51.2 Å². The van der Waals surface area contributed by atoms with Gasteiger partial charge in [-0.15, -0.1) is 0 Å². The number of nitrogens with two attached hydrogens (primary N) is 1. The molecule has 0 aromatic rings. The van der Waals surface area contributed by atoms with Gasteiger partial charge in [0.25, 0.3) is 0 Å². The van der Waals surface area contributed by atoms with Crippen LogP contribution >= 0.6 is 8.69 Å². The third-order valence-corrected chi connectivity index (χ3v) is 0.558. The lowest BCUT2D eigenvalue weighted by molar-refractivity contribution is 0.524. The van der Waals surface area contributed by atoms with Gasteiger partial charge in [0.2, 0.25) is 0 Å². The van der Waals surface area contributed by atoms with Crippen molar-refractivity contribution < 1.29 is 9.46 Å². The van der Waals surface area contributed by atoms with E-state index < -0.39 is 8.69 Å². The molecule has 0 fully saturated rings. The zero-order chi connectivity index (χ0) is 6.83. The van der Waals surface area contributed by atoms with Crippen LogP contribution in [0.4, 0.5) is 0 Å². The minimum absolute atomic E-state index is 0.833. The molecule has 0 spiro atoms. The Kier molecular flexibility index (Phi) is 21.5. The van der Waals surface area contributed by atoms with Crippen LogP contribution in [0.5, 0.6) is 0 Å². The summed E-state index contributed by atoms with van der Waals surface area (Å²) in [6.07, 6.45) is 2.39. The molecule has 8 heavy (non-hydrogen) atoms. The molecular formula is C4H12NO2P. The van der Waals surface area contributed by atoms with Crippen molar-refractivity contribution in [3.05, 3.63) is 0 Å². The number of rotatable bonds is 2. The minimum Gasteiger partial charge on any atom is -0.330 e. The Bertz CT molecular complexity index is 41.0. The second kappa shape index (κ2) is 15.7. The summed E-state index contributed by atoms with van der Waals surface area (Å²) in [5, 5.41) is 0. The van der Waals surface area contributed by atoms with Gasteiger partial charge in [-0.1, -0.05) is 13.3 Å². The molecule has 0 amide bonds. The number of hydrogen-bond donors (Lipinski definition) is 2. The van der Waals surface area contributed by atoms with Gasteiger partial charge in [0.1, 0.15) is 0 Å². The Morgan fingerprint density at radius 3 is 2.12 bits per heavy atom. The van der Waals surface area contributed by atoms with Crippen LogP contribution in [0.1, 0.15) is 19.8 Å². The van der Waals surface area contributed by atoms with Gasteiger partial charge in [-0.25, -0.2) is 4.57 Å². The predicted octanol–water partition coefficient (Wildman–Crippen LogP) is 0.931. The number of hydrogen-bond acceptors (Lipinski definition) is 2. The van der Waals surface area contributed by atoms with Crippen LogP contribution in [0.2, 0.25) is 0 Å². The molecule has 0 aliphatic heterocycles. The van der Waals surface area contributed by atoms with E-state index in [1.54, 1.807) is 0 Å². The summed E-state index contributed by atoms with van der Waals surface area (Å²) in [7, 11) is -0.833. The predicted molar refractivity (Wildman–Crippen MR) is 33.8 cm³/mol. The lowest BCUT2D eigenvalue weighted by atomic mass is 10.3. The Morgan fingerprint density at radius 2 is 2.12 bits per heavy atom. The molecule has 0 unspecified atom stereocenters. The zero-order valence-electron chi connectivity index (χ0n) is 5.00. The van der Waals surface area contributed by atoms with Crippen molar-refractivity contribution in [3.8, 4) is 0 Å². The van der Waals surface area contributed by atoms with Gasteiger partial charge < -0.3 is 10.6 Å². The maximum absolute atomic E-state index is 8.46. The zero-order valence-corrected chi connectivity index (χ0v) is 5.90. The highest BCUT2D eigenvalue weighted by molar-refractivity contribution is 7.16. The summed E-state index contributed by atoms with van der Waals surface area (Å²) in [6.45, 7) is 2.98. The molecule has 4 heteroatoms. The molecule has 0 heterocycles. The molecule has 0 saturated carbocycles. The molecule has 0 aromatic heterocycles. The van der Waals surface area contributed by atoms with Crippen LogP contribution in [0.25, 0.3) is 0 Å². The highest BCUT2D eigenvalue weighted by Gasteiger charge is 1.67. The molecule has 0 bridgehead atoms. The first kappa shape index (κ1) is 10.9. The Hall–Kier alpha value is 0.0200. The molecular weight excluding hydrogens is 125 g/mol. The molecule has 50 valence electrons. The van der Waals surface area contributed by atoms with Crippen molar-refractivity contribution >= 4 is 8.69 Å². The van der Waals surface area contributed by atoms with Crippen LogP contribution in [-0.4, -0.2) is 11.4 Å². The summed E-state index contributed by atoms with van der Waals surface area (Å²) >= 11 is 0. The molecule has 0 atom stereocenters. The third-order valence-electron chi connectivity index (χ3n) is 0.558. The van der Waals surface area contributed by atoms with Crippen LogP contribution in [0.15, 0.2) is 0 Å². The van der Waals surface area contributed by atoms with Crippen molar-refractivity contribution in [1.29, 1.82) is 0 Å². The quantitative estimate of drug-likeness (QED) is 0.556. The monoisotopic (exact) mass is 137 g/mol. The van der Waals surface area contributed by atoms with E-state index in [2.05, 4.69) is 6.92 Å². The average Bonchev–Trinajstić information content (AvgIpc) is 1.71. The normalized spacial score (nSPS) is 7.88. The molecule has 0 aliphatic rings. The van der Waals surface area contributed by atoms with E-state index in [1.807, 2.05) is 0 Å². The molecule has 0 rings (SSSR count). The van der Waals surface area contributed by atoms with Crippen LogP contribution in [0.3, 0.4) is 0 Å². The second-order valence-electron chi connectivity index (χ2n) is 1.22. The van der Waals surface area contributed by atoms with Crippen LogP contribution in [0, 0.1) is 0 Å². The lowest BCUT2D eigenvalue weighted by Gasteiger charge is -1.80. The van der Waals surface area contributed by atoms with Gasteiger partial charge >= 0.3 is 8.69 Å². The molecule has 0 aromatic carbocycles. The molecule has 3 nitrogen and oxygen atoms in total. The van der Waals surface area contributed by atoms with Gasteiger partial charge in [-0.05, 0) is 13.0 Å². The number of unbranched alkanes of at least 4 members (excludes halogenated alkanes) is 1. The van der Waals surface area contributed by atoms with E-state index in [9.17, 15) is 0 Å². The highest BCUT2D eigenvalue weighted by atomic mass is 31.1.